The lowest BCUT2D eigenvalue weighted by Gasteiger charge is -2.21. The first kappa shape index (κ1) is 22.6. The molecule has 3 rings (SSSR count). The first-order chi connectivity index (χ1) is 14.7. The molecule has 0 saturated carbocycles. The molecule has 7 nitrogen and oxygen atoms in total. The molecular weight excluding hydrogens is 453 g/mol. The summed E-state index contributed by atoms with van der Waals surface area (Å²) in [4.78, 5) is 28.6. The van der Waals surface area contributed by atoms with Crippen LogP contribution in [0.25, 0.3) is 10.6 Å². The fourth-order valence-corrected chi connectivity index (χ4v) is 4.39. The lowest BCUT2D eigenvalue weighted by atomic mass is 10.1. The lowest BCUT2D eigenvalue weighted by Crippen LogP contribution is -2.44. The maximum atomic E-state index is 13.6. The van der Waals surface area contributed by atoms with Gasteiger partial charge in [0.15, 0.2) is 0 Å². The number of esters is 1. The van der Waals surface area contributed by atoms with Crippen LogP contribution in [0.15, 0.2) is 39.9 Å². The Kier molecular flexibility index (Phi) is 6.87. The van der Waals surface area contributed by atoms with Gasteiger partial charge in [-0.25, -0.2) is 14.6 Å². The summed E-state index contributed by atoms with van der Waals surface area (Å²) in [7, 11) is 0. The minimum absolute atomic E-state index is 0.0812. The van der Waals surface area contributed by atoms with Crippen LogP contribution < -0.4 is 10.6 Å². The van der Waals surface area contributed by atoms with Crippen molar-refractivity contribution in [3.63, 3.8) is 0 Å². The molecule has 31 heavy (non-hydrogen) atoms. The molecule has 0 bridgehead atoms. The Morgan fingerprint density at radius 2 is 2.23 bits per heavy atom. The summed E-state index contributed by atoms with van der Waals surface area (Å²) < 4.78 is 45.8. The molecule has 0 aromatic carbocycles. The Morgan fingerprint density at radius 1 is 1.45 bits per heavy atom. The third-order valence-electron chi connectivity index (χ3n) is 4.11. The number of nitrogens with zero attached hydrogens (tertiary/aromatic N) is 2. The Hall–Kier alpha value is -3.04. The van der Waals surface area contributed by atoms with E-state index in [1.54, 1.807) is 30.5 Å². The van der Waals surface area contributed by atoms with Crippen LogP contribution in [0.5, 0.6) is 0 Å². The third-order valence-corrected chi connectivity index (χ3v) is 6.00. The standard InChI is InChI=1S/C19H15F3N4O3S2/c1-2-29-17(27)11-8-24-18(28)26-14(11)9-31-16-10(7-23)12(19(20,21)22)6-13(25-16)15-4-3-5-30-15/h3-6H,2,8-9H2,1H3,(H2,24,26,28). The minimum atomic E-state index is -4.76. The maximum Gasteiger partial charge on any atom is 0.417 e. The highest BCUT2D eigenvalue weighted by Gasteiger charge is 2.36. The molecule has 162 valence electrons. The summed E-state index contributed by atoms with van der Waals surface area (Å²) in [6.07, 6.45) is -4.76. The number of nitriles is 1. The van der Waals surface area contributed by atoms with Crippen LogP contribution >= 0.6 is 23.1 Å². The molecular formula is C19H15F3N4O3S2. The monoisotopic (exact) mass is 468 g/mol. The number of rotatable bonds is 6. The van der Waals surface area contributed by atoms with E-state index in [0.29, 0.717) is 4.88 Å². The largest absolute Gasteiger partial charge is 0.463 e. The fraction of sp³-hybridized carbons (Fsp3) is 0.263. The number of aromatic nitrogens is 1. The van der Waals surface area contributed by atoms with Crippen LogP contribution in [0, 0.1) is 11.3 Å². The zero-order valence-electron chi connectivity index (χ0n) is 16.0. The van der Waals surface area contributed by atoms with Crippen molar-refractivity contribution in [2.45, 2.75) is 18.1 Å². The van der Waals surface area contributed by atoms with E-state index in [1.807, 2.05) is 0 Å². The predicted molar refractivity (Wildman–Crippen MR) is 108 cm³/mol. The van der Waals surface area contributed by atoms with Gasteiger partial charge in [0.2, 0.25) is 0 Å². The number of amides is 2. The minimum Gasteiger partial charge on any atom is -0.463 e. The van der Waals surface area contributed by atoms with Gasteiger partial charge in [-0.05, 0) is 24.4 Å². The summed E-state index contributed by atoms with van der Waals surface area (Å²) in [6.45, 7) is 1.66. The molecule has 12 heteroatoms. The van der Waals surface area contributed by atoms with Gasteiger partial charge in [-0.2, -0.15) is 18.4 Å². The number of thiophene rings is 1. The molecule has 1 aliphatic rings. The summed E-state index contributed by atoms with van der Waals surface area (Å²) in [5.41, 5.74) is -1.29. The average Bonchev–Trinajstić information content (AvgIpc) is 3.26. The van der Waals surface area contributed by atoms with E-state index in [1.165, 1.54) is 11.3 Å². The molecule has 0 aliphatic carbocycles. The smallest absolute Gasteiger partial charge is 0.417 e. The third kappa shape index (κ3) is 5.18. The number of hydrogen-bond donors (Lipinski definition) is 2. The summed E-state index contributed by atoms with van der Waals surface area (Å²) in [5, 5.41) is 15.9. The first-order valence-corrected chi connectivity index (χ1v) is 10.7. The Morgan fingerprint density at radius 3 is 2.84 bits per heavy atom. The van der Waals surface area contributed by atoms with Gasteiger partial charge >= 0.3 is 18.2 Å². The number of alkyl halides is 3. The molecule has 0 fully saturated rings. The zero-order chi connectivity index (χ0) is 22.6. The maximum absolute atomic E-state index is 13.6. The summed E-state index contributed by atoms with van der Waals surface area (Å²) >= 11 is 2.04. The first-order valence-electron chi connectivity index (χ1n) is 8.87. The van der Waals surface area contributed by atoms with E-state index in [9.17, 15) is 28.0 Å². The second kappa shape index (κ2) is 9.40. The SMILES string of the molecule is CCOC(=O)C1=C(CSc2nc(-c3cccs3)cc(C(F)(F)F)c2C#N)NC(=O)NC1. The van der Waals surface area contributed by atoms with E-state index in [0.717, 1.165) is 17.8 Å². The molecule has 1 aliphatic heterocycles. The molecule has 2 aromatic rings. The van der Waals surface area contributed by atoms with Crippen LogP contribution in [-0.4, -0.2) is 35.9 Å². The number of ether oxygens (including phenoxy) is 1. The molecule has 3 heterocycles. The number of nitrogens with one attached hydrogen (secondary N) is 2. The van der Waals surface area contributed by atoms with Crippen molar-refractivity contribution in [3.8, 4) is 16.6 Å². The highest BCUT2D eigenvalue weighted by atomic mass is 32.2. The van der Waals surface area contributed by atoms with Gasteiger partial charge in [0, 0.05) is 11.4 Å². The lowest BCUT2D eigenvalue weighted by molar-refractivity contribution is -0.139. The van der Waals surface area contributed by atoms with Gasteiger partial charge in [-0.15, -0.1) is 11.3 Å². The van der Waals surface area contributed by atoms with E-state index in [2.05, 4.69) is 15.6 Å². The zero-order valence-corrected chi connectivity index (χ0v) is 17.6. The molecule has 2 amide bonds. The molecule has 2 N–H and O–H groups in total. The van der Waals surface area contributed by atoms with Crippen molar-refractivity contribution < 1.29 is 27.5 Å². The molecule has 0 radical (unpaired) electrons. The average molecular weight is 468 g/mol. The second-order valence-electron chi connectivity index (χ2n) is 6.10. The number of hydrogen-bond acceptors (Lipinski definition) is 7. The molecule has 0 atom stereocenters. The van der Waals surface area contributed by atoms with Gasteiger partial charge in [-0.3, -0.25) is 0 Å². The second-order valence-corrected chi connectivity index (χ2v) is 8.01. The number of thioether (sulfide) groups is 1. The highest BCUT2D eigenvalue weighted by Crippen LogP contribution is 2.39. The number of carbonyl (C=O) groups is 2. The van der Waals surface area contributed by atoms with Crippen molar-refractivity contribution in [2.75, 3.05) is 18.9 Å². The van der Waals surface area contributed by atoms with Crippen molar-refractivity contribution >= 4 is 35.1 Å². The van der Waals surface area contributed by atoms with Crippen molar-refractivity contribution in [3.05, 3.63) is 46.0 Å². The quantitative estimate of drug-likeness (QED) is 0.492. The van der Waals surface area contributed by atoms with Gasteiger partial charge in [0.25, 0.3) is 0 Å². The van der Waals surface area contributed by atoms with Crippen LogP contribution in [-0.2, 0) is 15.7 Å². The molecule has 0 spiro atoms. The highest BCUT2D eigenvalue weighted by molar-refractivity contribution is 7.99. The molecule has 2 aromatic heterocycles. The van der Waals surface area contributed by atoms with Crippen molar-refractivity contribution in [2.24, 2.45) is 0 Å². The Balaban J connectivity index is 2.01. The van der Waals surface area contributed by atoms with E-state index < -0.39 is 29.3 Å². The number of urea groups is 1. The Bertz CT molecular complexity index is 1080. The van der Waals surface area contributed by atoms with Crippen molar-refractivity contribution in [1.82, 2.24) is 15.6 Å². The van der Waals surface area contributed by atoms with E-state index >= 15 is 0 Å². The number of pyridine rings is 1. The van der Waals surface area contributed by atoms with Crippen LogP contribution in [0.4, 0.5) is 18.0 Å². The van der Waals surface area contributed by atoms with Gasteiger partial charge < -0.3 is 15.4 Å². The number of halogens is 3. The van der Waals surface area contributed by atoms with Gasteiger partial charge in [0.1, 0.15) is 11.1 Å². The molecule has 0 saturated heterocycles. The number of carbonyl (C=O) groups excluding carboxylic acids is 2. The van der Waals surface area contributed by atoms with Crippen LogP contribution in [0.3, 0.4) is 0 Å². The van der Waals surface area contributed by atoms with Crippen LogP contribution in [0.1, 0.15) is 18.1 Å². The fourth-order valence-electron chi connectivity index (χ4n) is 2.72. The van der Waals surface area contributed by atoms with Gasteiger partial charge in [-0.1, -0.05) is 17.8 Å². The van der Waals surface area contributed by atoms with Crippen LogP contribution in [0.2, 0.25) is 0 Å². The normalized spacial score (nSPS) is 14.0. The van der Waals surface area contributed by atoms with Gasteiger partial charge in [0.05, 0.1) is 40.4 Å². The summed E-state index contributed by atoms with van der Waals surface area (Å²) in [5.74, 6) is -0.739. The van der Waals surface area contributed by atoms with E-state index in [-0.39, 0.29) is 40.9 Å². The molecule has 0 unspecified atom stereocenters. The summed E-state index contributed by atoms with van der Waals surface area (Å²) in [6, 6.07) is 5.19. The van der Waals surface area contributed by atoms with Crippen molar-refractivity contribution in [1.29, 1.82) is 5.26 Å². The van der Waals surface area contributed by atoms with E-state index in [4.69, 9.17) is 4.74 Å². The predicted octanol–water partition coefficient (Wildman–Crippen LogP) is 3.92. The topological polar surface area (TPSA) is 104 Å². The Labute approximate surface area is 183 Å².